The summed E-state index contributed by atoms with van der Waals surface area (Å²) < 4.78 is 63.5. The normalized spacial score (nSPS) is 13.0. The molecule has 0 saturated carbocycles. The minimum atomic E-state index is -5.81. The topological polar surface area (TPSA) is 25.8 Å². The highest BCUT2D eigenvalue weighted by atomic mass is 35.5. The number of rotatable bonds is 1. The first kappa shape index (κ1) is 15.2. The third-order valence-electron chi connectivity index (χ3n) is 2.59. The summed E-state index contributed by atoms with van der Waals surface area (Å²) >= 11 is 11.5. The van der Waals surface area contributed by atoms with Crippen LogP contribution in [0.2, 0.25) is 10.2 Å². The van der Waals surface area contributed by atoms with E-state index in [1.165, 1.54) is 19.1 Å². The molecule has 0 spiro atoms. The fourth-order valence-corrected chi connectivity index (χ4v) is 2.12. The summed E-state index contributed by atoms with van der Waals surface area (Å²) in [5.41, 5.74) is 0.212. The molecule has 2 rings (SSSR count). The van der Waals surface area contributed by atoms with Crippen LogP contribution in [0, 0.1) is 6.92 Å². The van der Waals surface area contributed by atoms with Crippen LogP contribution < -0.4 is 0 Å². The van der Waals surface area contributed by atoms with Gasteiger partial charge in [0.05, 0.1) is 15.9 Å². The summed E-state index contributed by atoms with van der Waals surface area (Å²) in [6.45, 7) is 1.48. The van der Waals surface area contributed by atoms with E-state index in [1.807, 2.05) is 0 Å². The molecule has 9 heteroatoms. The van der Waals surface area contributed by atoms with Gasteiger partial charge in [-0.1, -0.05) is 29.3 Å². The van der Waals surface area contributed by atoms with Crippen molar-refractivity contribution in [2.24, 2.45) is 0 Å². The predicted molar refractivity (Wildman–Crippen MR) is 64.2 cm³/mol. The molecule has 0 saturated heterocycles. The zero-order valence-electron chi connectivity index (χ0n) is 9.69. The second kappa shape index (κ2) is 4.66. The summed E-state index contributed by atoms with van der Waals surface area (Å²) in [5.74, 6) is -6.90. The number of alkyl halides is 5. The molecule has 0 aliphatic rings. The Morgan fingerprint density at radius 2 is 1.60 bits per heavy atom. The number of hydrogen-bond acceptors (Lipinski definition) is 2. The molecule has 0 amide bonds. The SMILES string of the molecule is Cc1ccc(Cl)c2c(Cl)nc(C(F)(F)C(F)(F)F)nc12. The van der Waals surface area contributed by atoms with Crippen LogP contribution in [0.1, 0.15) is 11.4 Å². The molecule has 1 heterocycles. The van der Waals surface area contributed by atoms with Gasteiger partial charge in [-0.25, -0.2) is 9.97 Å². The van der Waals surface area contributed by atoms with Crippen LogP contribution in [-0.2, 0) is 5.92 Å². The van der Waals surface area contributed by atoms with Crippen LogP contribution in [0.25, 0.3) is 10.9 Å². The lowest BCUT2D eigenvalue weighted by Crippen LogP contribution is -2.35. The number of aryl methyl sites for hydroxylation is 1. The molecule has 0 fully saturated rings. The Balaban J connectivity index is 2.80. The first-order chi connectivity index (χ1) is 9.05. The van der Waals surface area contributed by atoms with Gasteiger partial charge in [-0.05, 0) is 18.6 Å². The lowest BCUT2D eigenvalue weighted by Gasteiger charge is -2.19. The summed E-state index contributed by atoms with van der Waals surface area (Å²) in [6, 6.07) is 2.86. The molecule has 1 aromatic carbocycles. The molecular formula is C11H5Cl2F5N2. The smallest absolute Gasteiger partial charge is 0.226 e. The molecule has 0 atom stereocenters. The van der Waals surface area contributed by atoms with Crippen LogP contribution >= 0.6 is 23.2 Å². The van der Waals surface area contributed by atoms with Gasteiger partial charge in [0.25, 0.3) is 0 Å². The predicted octanol–water partition coefficient (Wildman–Crippen LogP) is 4.90. The monoisotopic (exact) mass is 330 g/mol. The van der Waals surface area contributed by atoms with Gasteiger partial charge in [0.15, 0.2) is 0 Å². The maximum Gasteiger partial charge on any atom is 0.461 e. The summed E-state index contributed by atoms with van der Waals surface area (Å²) in [4.78, 5) is 6.33. The number of aromatic nitrogens is 2. The van der Waals surface area contributed by atoms with Crippen molar-refractivity contribution in [1.29, 1.82) is 0 Å². The molecule has 0 radical (unpaired) electrons. The van der Waals surface area contributed by atoms with E-state index in [-0.39, 0.29) is 15.9 Å². The second-order valence-corrected chi connectivity index (χ2v) is 4.76. The molecule has 2 aromatic rings. The third kappa shape index (κ3) is 2.29. The first-order valence-electron chi connectivity index (χ1n) is 5.13. The van der Waals surface area contributed by atoms with E-state index in [0.29, 0.717) is 5.56 Å². The summed E-state index contributed by atoms with van der Waals surface area (Å²) in [5, 5.41) is -0.449. The van der Waals surface area contributed by atoms with Gasteiger partial charge in [0.1, 0.15) is 5.15 Å². The molecule has 108 valence electrons. The van der Waals surface area contributed by atoms with Crippen LogP contribution in [0.5, 0.6) is 0 Å². The Labute approximate surface area is 119 Å². The summed E-state index contributed by atoms with van der Waals surface area (Å²) in [7, 11) is 0. The van der Waals surface area contributed by atoms with Crippen molar-refractivity contribution < 1.29 is 22.0 Å². The highest BCUT2D eigenvalue weighted by Crippen LogP contribution is 2.43. The number of hydrogen-bond donors (Lipinski definition) is 0. The molecule has 0 aliphatic heterocycles. The molecule has 0 unspecified atom stereocenters. The van der Waals surface area contributed by atoms with Crippen molar-refractivity contribution in [3.8, 4) is 0 Å². The fourth-order valence-electron chi connectivity index (χ4n) is 1.56. The van der Waals surface area contributed by atoms with Gasteiger partial charge in [0, 0.05) is 0 Å². The zero-order chi connectivity index (χ0) is 15.3. The van der Waals surface area contributed by atoms with E-state index in [0.717, 1.165) is 0 Å². The lowest BCUT2D eigenvalue weighted by atomic mass is 10.1. The largest absolute Gasteiger partial charge is 0.461 e. The maximum absolute atomic E-state index is 13.3. The van der Waals surface area contributed by atoms with Gasteiger partial charge < -0.3 is 0 Å². The van der Waals surface area contributed by atoms with Crippen molar-refractivity contribution >= 4 is 34.1 Å². The van der Waals surface area contributed by atoms with Gasteiger partial charge in [-0.15, -0.1) is 0 Å². The Kier molecular flexibility index (Phi) is 3.54. The maximum atomic E-state index is 13.3. The van der Waals surface area contributed by atoms with Gasteiger partial charge in [-0.3, -0.25) is 0 Å². The first-order valence-corrected chi connectivity index (χ1v) is 5.88. The average Bonchev–Trinajstić information content (AvgIpc) is 2.31. The molecule has 0 N–H and O–H groups in total. The highest BCUT2D eigenvalue weighted by molar-refractivity contribution is 6.41. The highest BCUT2D eigenvalue weighted by Gasteiger charge is 2.61. The fraction of sp³-hybridized carbons (Fsp3) is 0.273. The van der Waals surface area contributed by atoms with E-state index < -0.39 is 23.1 Å². The van der Waals surface area contributed by atoms with Crippen LogP contribution in [0.15, 0.2) is 12.1 Å². The van der Waals surface area contributed by atoms with Gasteiger partial charge in [0.2, 0.25) is 5.82 Å². The third-order valence-corrected chi connectivity index (χ3v) is 3.18. The van der Waals surface area contributed by atoms with Gasteiger partial charge in [-0.2, -0.15) is 22.0 Å². The van der Waals surface area contributed by atoms with E-state index in [2.05, 4.69) is 9.97 Å². The van der Waals surface area contributed by atoms with E-state index in [9.17, 15) is 22.0 Å². The lowest BCUT2D eigenvalue weighted by molar-refractivity contribution is -0.292. The van der Waals surface area contributed by atoms with E-state index >= 15 is 0 Å². The average molecular weight is 331 g/mol. The van der Waals surface area contributed by atoms with Crippen molar-refractivity contribution in [1.82, 2.24) is 9.97 Å². The van der Waals surface area contributed by atoms with E-state index in [4.69, 9.17) is 23.2 Å². The molecule has 0 aliphatic carbocycles. The molecule has 1 aromatic heterocycles. The molecule has 0 bridgehead atoms. The minimum absolute atomic E-state index is 0.0371. The van der Waals surface area contributed by atoms with Crippen molar-refractivity contribution in [3.05, 3.63) is 33.7 Å². The summed E-state index contributed by atoms with van der Waals surface area (Å²) in [6.07, 6.45) is -5.81. The number of halogens is 7. The Morgan fingerprint density at radius 1 is 1.00 bits per heavy atom. The van der Waals surface area contributed by atoms with Crippen molar-refractivity contribution in [2.75, 3.05) is 0 Å². The molecule has 20 heavy (non-hydrogen) atoms. The number of fused-ring (bicyclic) bond motifs is 1. The zero-order valence-corrected chi connectivity index (χ0v) is 11.2. The molecule has 2 nitrogen and oxygen atoms in total. The van der Waals surface area contributed by atoms with Crippen LogP contribution in [0.3, 0.4) is 0 Å². The van der Waals surface area contributed by atoms with Crippen molar-refractivity contribution in [3.63, 3.8) is 0 Å². The number of nitrogens with zero attached hydrogens (tertiary/aromatic N) is 2. The van der Waals surface area contributed by atoms with Crippen LogP contribution in [0.4, 0.5) is 22.0 Å². The number of benzene rings is 1. The molecular weight excluding hydrogens is 326 g/mol. The van der Waals surface area contributed by atoms with Crippen LogP contribution in [-0.4, -0.2) is 16.1 Å². The Morgan fingerprint density at radius 3 is 2.15 bits per heavy atom. The van der Waals surface area contributed by atoms with Gasteiger partial charge >= 0.3 is 12.1 Å². The standard InChI is InChI=1S/C11H5Cl2F5N2/c1-4-2-3-5(12)6-7(4)19-9(20-8(6)13)10(14,15)11(16,17)18/h2-3H,1H3. The minimum Gasteiger partial charge on any atom is -0.226 e. The second-order valence-electron chi connectivity index (χ2n) is 4.00. The Bertz CT molecular complexity index is 685. The Hall–Kier alpha value is -1.21. The van der Waals surface area contributed by atoms with E-state index in [1.54, 1.807) is 0 Å². The van der Waals surface area contributed by atoms with Crippen molar-refractivity contribution in [2.45, 2.75) is 19.0 Å². The quantitative estimate of drug-likeness (QED) is 0.549.